The lowest BCUT2D eigenvalue weighted by molar-refractivity contribution is 0.102. The van der Waals surface area contributed by atoms with E-state index in [1.807, 2.05) is 0 Å². The smallest absolute Gasteiger partial charge is 0.256 e. The van der Waals surface area contributed by atoms with Crippen LogP contribution in [0.25, 0.3) is 0 Å². The maximum Gasteiger partial charge on any atom is 0.256 e. The van der Waals surface area contributed by atoms with Crippen LogP contribution in [-0.4, -0.2) is 17.6 Å². The average Bonchev–Trinajstić information content (AvgIpc) is 2.90. The van der Waals surface area contributed by atoms with Crippen LogP contribution in [0.2, 0.25) is 5.02 Å². The summed E-state index contributed by atoms with van der Waals surface area (Å²) < 4.78 is 4.62. The van der Waals surface area contributed by atoms with Crippen LogP contribution >= 0.6 is 11.6 Å². The highest BCUT2D eigenvalue weighted by molar-refractivity contribution is 6.32. The number of nitrogens with one attached hydrogen (secondary N) is 1. The van der Waals surface area contributed by atoms with E-state index in [4.69, 9.17) is 17.3 Å². The molecule has 1 aromatic carbocycles. The SMILES string of the molecule is NCC#Cc1ccc(C(=O)Nc2ccon2)cc1Cl. The molecule has 1 aromatic heterocycles. The summed E-state index contributed by atoms with van der Waals surface area (Å²) >= 11 is 6.03. The molecule has 5 nitrogen and oxygen atoms in total. The highest BCUT2D eigenvalue weighted by Crippen LogP contribution is 2.17. The van der Waals surface area contributed by atoms with Crippen LogP contribution in [0, 0.1) is 11.8 Å². The van der Waals surface area contributed by atoms with Gasteiger partial charge in [-0.05, 0) is 18.2 Å². The minimum absolute atomic E-state index is 0.255. The first-order chi connectivity index (χ1) is 9.20. The van der Waals surface area contributed by atoms with Crippen molar-refractivity contribution in [3.63, 3.8) is 0 Å². The zero-order valence-corrected chi connectivity index (χ0v) is 10.6. The summed E-state index contributed by atoms with van der Waals surface area (Å²) in [4.78, 5) is 11.9. The van der Waals surface area contributed by atoms with E-state index in [1.54, 1.807) is 18.2 Å². The number of carbonyl (C=O) groups is 1. The molecule has 0 bridgehead atoms. The third kappa shape index (κ3) is 3.35. The number of nitrogens with zero attached hydrogens (tertiary/aromatic N) is 1. The molecule has 0 radical (unpaired) electrons. The number of carbonyl (C=O) groups excluding carboxylic acids is 1. The lowest BCUT2D eigenvalue weighted by Crippen LogP contribution is -2.12. The first-order valence-electron chi connectivity index (χ1n) is 5.41. The molecule has 0 aliphatic rings. The molecule has 0 fully saturated rings. The van der Waals surface area contributed by atoms with Crippen molar-refractivity contribution in [3.8, 4) is 11.8 Å². The Kier molecular flexibility index (Phi) is 4.18. The second-order valence-corrected chi connectivity index (χ2v) is 3.95. The Balaban J connectivity index is 2.17. The second kappa shape index (κ2) is 6.05. The van der Waals surface area contributed by atoms with E-state index in [9.17, 15) is 4.79 Å². The molecule has 0 unspecified atom stereocenters. The minimum atomic E-state index is -0.325. The fourth-order valence-electron chi connectivity index (χ4n) is 1.37. The monoisotopic (exact) mass is 275 g/mol. The fourth-order valence-corrected chi connectivity index (χ4v) is 1.60. The van der Waals surface area contributed by atoms with Gasteiger partial charge in [0, 0.05) is 17.2 Å². The van der Waals surface area contributed by atoms with Gasteiger partial charge in [0.2, 0.25) is 0 Å². The van der Waals surface area contributed by atoms with Crippen molar-refractivity contribution >= 4 is 23.3 Å². The molecule has 0 aliphatic heterocycles. The lowest BCUT2D eigenvalue weighted by atomic mass is 10.1. The van der Waals surface area contributed by atoms with Crippen LogP contribution < -0.4 is 11.1 Å². The molecular formula is C13H10ClN3O2. The van der Waals surface area contributed by atoms with E-state index in [0.717, 1.165) is 0 Å². The van der Waals surface area contributed by atoms with Crippen molar-refractivity contribution in [1.29, 1.82) is 0 Å². The van der Waals surface area contributed by atoms with Crippen molar-refractivity contribution in [1.82, 2.24) is 5.16 Å². The number of amides is 1. The van der Waals surface area contributed by atoms with E-state index in [2.05, 4.69) is 26.8 Å². The van der Waals surface area contributed by atoms with Crippen LogP contribution in [0.1, 0.15) is 15.9 Å². The molecule has 0 spiro atoms. The summed E-state index contributed by atoms with van der Waals surface area (Å²) in [6.45, 7) is 0.255. The molecule has 19 heavy (non-hydrogen) atoms. The van der Waals surface area contributed by atoms with Crippen LogP contribution in [0.15, 0.2) is 35.1 Å². The van der Waals surface area contributed by atoms with Crippen LogP contribution in [0.3, 0.4) is 0 Å². The Morgan fingerprint density at radius 3 is 2.95 bits per heavy atom. The van der Waals surface area contributed by atoms with E-state index in [0.29, 0.717) is 22.0 Å². The summed E-state index contributed by atoms with van der Waals surface area (Å²) in [6.07, 6.45) is 1.37. The van der Waals surface area contributed by atoms with Gasteiger partial charge in [-0.15, -0.1) is 0 Å². The van der Waals surface area contributed by atoms with Crippen molar-refractivity contribution in [3.05, 3.63) is 46.7 Å². The molecule has 3 N–H and O–H groups in total. The van der Waals surface area contributed by atoms with Crippen molar-refractivity contribution < 1.29 is 9.32 Å². The van der Waals surface area contributed by atoms with Gasteiger partial charge < -0.3 is 15.6 Å². The number of anilines is 1. The zero-order chi connectivity index (χ0) is 13.7. The molecule has 6 heteroatoms. The normalized spacial score (nSPS) is 9.58. The molecule has 1 heterocycles. The molecule has 1 amide bonds. The van der Waals surface area contributed by atoms with Crippen LogP contribution in [0.5, 0.6) is 0 Å². The van der Waals surface area contributed by atoms with Gasteiger partial charge in [0.25, 0.3) is 5.91 Å². The van der Waals surface area contributed by atoms with E-state index in [-0.39, 0.29) is 12.5 Å². The van der Waals surface area contributed by atoms with E-state index < -0.39 is 0 Å². The highest BCUT2D eigenvalue weighted by Gasteiger charge is 2.09. The summed E-state index contributed by atoms with van der Waals surface area (Å²) in [5.74, 6) is 5.54. The van der Waals surface area contributed by atoms with Gasteiger partial charge in [-0.2, -0.15) is 0 Å². The van der Waals surface area contributed by atoms with Gasteiger partial charge in [-0.25, -0.2) is 0 Å². The molecule has 2 rings (SSSR count). The second-order valence-electron chi connectivity index (χ2n) is 3.54. The summed E-state index contributed by atoms with van der Waals surface area (Å²) in [7, 11) is 0. The lowest BCUT2D eigenvalue weighted by Gasteiger charge is -2.03. The molecule has 0 saturated heterocycles. The summed E-state index contributed by atoms with van der Waals surface area (Å²) in [6, 6.07) is 6.38. The average molecular weight is 276 g/mol. The number of halogens is 1. The molecule has 0 atom stereocenters. The maximum atomic E-state index is 11.9. The number of nitrogens with two attached hydrogens (primary N) is 1. The largest absolute Gasteiger partial charge is 0.363 e. The van der Waals surface area contributed by atoms with E-state index in [1.165, 1.54) is 12.3 Å². The van der Waals surface area contributed by atoms with Gasteiger partial charge in [0.1, 0.15) is 6.26 Å². The predicted molar refractivity (Wildman–Crippen MR) is 71.8 cm³/mol. The molecular weight excluding hydrogens is 266 g/mol. The first-order valence-corrected chi connectivity index (χ1v) is 5.78. The molecule has 2 aromatic rings. The standard InChI is InChI=1S/C13H10ClN3O2/c14-11-8-10(4-3-9(11)2-1-6-15)13(18)16-12-5-7-19-17-12/h3-5,7-8H,6,15H2,(H,16,17,18). The van der Waals surface area contributed by atoms with Gasteiger partial charge in [0.05, 0.1) is 11.6 Å². The van der Waals surface area contributed by atoms with E-state index >= 15 is 0 Å². The Bertz CT molecular complexity index is 642. The summed E-state index contributed by atoms with van der Waals surface area (Å²) in [5.41, 5.74) is 6.32. The van der Waals surface area contributed by atoms with Gasteiger partial charge in [0.15, 0.2) is 5.82 Å². The Morgan fingerprint density at radius 1 is 1.47 bits per heavy atom. The fraction of sp³-hybridized carbons (Fsp3) is 0.0769. The van der Waals surface area contributed by atoms with Crippen LogP contribution in [-0.2, 0) is 0 Å². The van der Waals surface area contributed by atoms with Gasteiger partial charge in [-0.1, -0.05) is 28.6 Å². The van der Waals surface area contributed by atoms with Crippen molar-refractivity contribution in [2.45, 2.75) is 0 Å². The zero-order valence-electron chi connectivity index (χ0n) is 9.81. The Morgan fingerprint density at radius 2 is 2.32 bits per heavy atom. The first kappa shape index (κ1) is 13.1. The number of hydrogen-bond acceptors (Lipinski definition) is 4. The quantitative estimate of drug-likeness (QED) is 0.820. The molecule has 96 valence electrons. The third-order valence-electron chi connectivity index (χ3n) is 2.24. The third-order valence-corrected chi connectivity index (χ3v) is 2.55. The number of hydrogen-bond donors (Lipinski definition) is 2. The van der Waals surface area contributed by atoms with Gasteiger partial charge in [-0.3, -0.25) is 4.79 Å². The number of rotatable bonds is 2. The van der Waals surface area contributed by atoms with Gasteiger partial charge >= 0.3 is 0 Å². The predicted octanol–water partition coefficient (Wildman–Crippen LogP) is 1.89. The number of aromatic nitrogens is 1. The Hall–Kier alpha value is -2.29. The minimum Gasteiger partial charge on any atom is -0.363 e. The van der Waals surface area contributed by atoms with Crippen molar-refractivity contribution in [2.24, 2.45) is 5.73 Å². The maximum absolute atomic E-state index is 11.9. The molecule has 0 saturated carbocycles. The molecule has 0 aliphatic carbocycles. The number of benzene rings is 1. The van der Waals surface area contributed by atoms with Crippen molar-refractivity contribution in [2.75, 3.05) is 11.9 Å². The highest BCUT2D eigenvalue weighted by atomic mass is 35.5. The Labute approximate surface area is 114 Å². The topological polar surface area (TPSA) is 81.2 Å². The van der Waals surface area contributed by atoms with Crippen LogP contribution in [0.4, 0.5) is 5.82 Å². The summed E-state index contributed by atoms with van der Waals surface area (Å²) in [5, 5.41) is 6.55.